The zero-order valence-electron chi connectivity index (χ0n) is 14.8. The third-order valence-corrected chi connectivity index (χ3v) is 7.25. The molecule has 1 atom stereocenters. The molecule has 1 rings (SSSR count). The lowest BCUT2D eigenvalue weighted by Gasteiger charge is -2.23. The number of nitrogens with zero attached hydrogens (tertiary/aromatic N) is 1. The summed E-state index contributed by atoms with van der Waals surface area (Å²) in [6.45, 7) is 6.67. The Morgan fingerprint density at radius 3 is 2.56 bits per heavy atom. The predicted molar refractivity (Wildman–Crippen MR) is 109 cm³/mol. The molecule has 1 heterocycles. The second-order valence-electron chi connectivity index (χ2n) is 5.08. The van der Waals surface area contributed by atoms with Crippen molar-refractivity contribution in [3.05, 3.63) is 29.0 Å². The van der Waals surface area contributed by atoms with Crippen LogP contribution < -0.4 is 0 Å². The molecule has 0 saturated carbocycles. The molecular formula is C16H25ClNO4PS2. The fraction of sp³-hybridized carbons (Fsp3) is 0.625. The minimum absolute atomic E-state index is 0.0464. The van der Waals surface area contributed by atoms with E-state index in [0.29, 0.717) is 29.4 Å². The lowest BCUT2D eigenvalue weighted by atomic mass is 10.1. The van der Waals surface area contributed by atoms with Crippen LogP contribution in [0.3, 0.4) is 0 Å². The van der Waals surface area contributed by atoms with Gasteiger partial charge in [-0.25, -0.2) is 4.98 Å². The van der Waals surface area contributed by atoms with Gasteiger partial charge < -0.3 is 13.8 Å². The van der Waals surface area contributed by atoms with E-state index < -0.39 is 7.60 Å². The van der Waals surface area contributed by atoms with Crippen LogP contribution in [-0.2, 0) is 24.8 Å². The smallest absolute Gasteiger partial charge is 0.331 e. The Bertz CT molecular complexity index is 581. The highest BCUT2D eigenvalue weighted by Gasteiger charge is 2.29. The third kappa shape index (κ3) is 9.36. The molecule has 0 aromatic carbocycles. The Balaban J connectivity index is 2.80. The van der Waals surface area contributed by atoms with Crippen molar-refractivity contribution in [2.45, 2.75) is 38.9 Å². The van der Waals surface area contributed by atoms with E-state index in [-0.39, 0.29) is 11.4 Å². The van der Waals surface area contributed by atoms with E-state index in [0.717, 1.165) is 18.4 Å². The molecule has 0 spiro atoms. The number of thiocarbonyl (C=S) groups is 1. The number of hydrogen-bond acceptors (Lipinski definition) is 7. The molecule has 5 nitrogen and oxygen atoms in total. The maximum Gasteiger partial charge on any atom is 0.331 e. The highest BCUT2D eigenvalue weighted by atomic mass is 35.5. The van der Waals surface area contributed by atoms with Crippen molar-refractivity contribution in [1.82, 2.24) is 4.98 Å². The van der Waals surface area contributed by atoms with Gasteiger partial charge in [-0.15, -0.1) is 0 Å². The van der Waals surface area contributed by atoms with Gasteiger partial charge in [-0.2, -0.15) is 0 Å². The van der Waals surface area contributed by atoms with E-state index in [9.17, 15) is 4.57 Å². The summed E-state index contributed by atoms with van der Waals surface area (Å²) in [6, 6.07) is 3.74. The molecule has 0 aliphatic rings. The molecule has 0 amide bonds. The Labute approximate surface area is 164 Å². The van der Waals surface area contributed by atoms with Gasteiger partial charge in [0.25, 0.3) is 0 Å². The summed E-state index contributed by atoms with van der Waals surface area (Å²) in [7, 11) is -3.16. The first-order chi connectivity index (χ1) is 11.9. The monoisotopic (exact) mass is 425 g/mol. The van der Waals surface area contributed by atoms with Crippen molar-refractivity contribution < 1.29 is 18.3 Å². The molecule has 1 aromatic heterocycles. The second kappa shape index (κ2) is 12.3. The number of halogens is 1. The largest absolute Gasteiger partial charge is 0.479 e. The number of thioether (sulfide) groups is 1. The van der Waals surface area contributed by atoms with E-state index in [2.05, 4.69) is 4.98 Å². The molecule has 0 radical (unpaired) electrons. The first-order valence-corrected chi connectivity index (χ1v) is 11.6. The summed E-state index contributed by atoms with van der Waals surface area (Å²) in [6.07, 6.45) is 3.45. The molecule has 142 valence electrons. The molecule has 25 heavy (non-hydrogen) atoms. The number of rotatable bonds is 11. The number of aryl methyl sites for hydroxylation is 1. The molecule has 0 fully saturated rings. The van der Waals surface area contributed by atoms with Crippen LogP contribution in [0.15, 0.2) is 18.3 Å². The van der Waals surface area contributed by atoms with Gasteiger partial charge in [0.05, 0.1) is 26.0 Å². The fourth-order valence-electron chi connectivity index (χ4n) is 2.19. The van der Waals surface area contributed by atoms with E-state index in [1.54, 1.807) is 20.0 Å². The zero-order valence-corrected chi connectivity index (χ0v) is 18.1. The molecule has 0 aliphatic heterocycles. The number of aromatic nitrogens is 1. The first-order valence-electron chi connectivity index (χ1n) is 8.24. The van der Waals surface area contributed by atoms with Crippen molar-refractivity contribution in [3.63, 3.8) is 0 Å². The molecule has 0 saturated heterocycles. The molecule has 9 heteroatoms. The molecule has 0 N–H and O–H groups in total. The maximum absolute atomic E-state index is 12.9. The van der Waals surface area contributed by atoms with Crippen LogP contribution in [0.5, 0.6) is 0 Å². The Morgan fingerprint density at radius 1 is 1.32 bits per heavy atom. The van der Waals surface area contributed by atoms with E-state index in [1.807, 2.05) is 19.1 Å². The van der Waals surface area contributed by atoms with Crippen molar-refractivity contribution in [3.8, 4) is 0 Å². The Hall–Kier alpha value is -0.170. The number of pyridine rings is 1. The fourth-order valence-corrected chi connectivity index (χ4v) is 6.20. The Morgan fingerprint density at radius 2 is 2.00 bits per heavy atom. The van der Waals surface area contributed by atoms with Gasteiger partial charge in [-0.1, -0.05) is 23.4 Å². The average molecular weight is 426 g/mol. The molecule has 0 bridgehead atoms. The van der Waals surface area contributed by atoms with Crippen LogP contribution in [0.2, 0.25) is 5.15 Å². The SMILES string of the molecule is CCOC(=S)SC(CCc1ccnc(Cl)c1)CP(=O)(OCC)OCC. The van der Waals surface area contributed by atoms with Crippen molar-refractivity contribution in [2.24, 2.45) is 0 Å². The summed E-state index contributed by atoms with van der Waals surface area (Å²) in [4.78, 5) is 3.98. The predicted octanol–water partition coefficient (Wildman–Crippen LogP) is 5.36. The second-order valence-corrected chi connectivity index (χ2v) is 9.47. The van der Waals surface area contributed by atoms with Crippen LogP contribution in [0.1, 0.15) is 32.8 Å². The van der Waals surface area contributed by atoms with E-state index >= 15 is 0 Å². The van der Waals surface area contributed by atoms with E-state index in [1.165, 1.54) is 11.8 Å². The van der Waals surface area contributed by atoms with Crippen LogP contribution in [0.25, 0.3) is 0 Å². The van der Waals surface area contributed by atoms with Crippen LogP contribution in [0, 0.1) is 0 Å². The van der Waals surface area contributed by atoms with Crippen molar-refractivity contribution in [2.75, 3.05) is 26.0 Å². The summed E-state index contributed by atoms with van der Waals surface area (Å²) in [5.74, 6) is 0. The maximum atomic E-state index is 12.9. The van der Waals surface area contributed by atoms with Crippen LogP contribution in [0.4, 0.5) is 0 Å². The summed E-state index contributed by atoms with van der Waals surface area (Å²) in [5.41, 5.74) is 1.07. The quantitative estimate of drug-likeness (QED) is 0.269. The van der Waals surface area contributed by atoms with Gasteiger partial charge in [0.15, 0.2) is 0 Å². The van der Waals surface area contributed by atoms with Gasteiger partial charge in [-0.05, 0) is 63.5 Å². The summed E-state index contributed by atoms with van der Waals surface area (Å²) < 4.78 is 29.5. The lowest BCUT2D eigenvalue weighted by Crippen LogP contribution is -2.16. The van der Waals surface area contributed by atoms with Gasteiger partial charge in [-0.3, -0.25) is 4.57 Å². The topological polar surface area (TPSA) is 57.7 Å². The van der Waals surface area contributed by atoms with Crippen LogP contribution >= 0.6 is 43.2 Å². The van der Waals surface area contributed by atoms with Gasteiger partial charge in [0.1, 0.15) is 5.15 Å². The van der Waals surface area contributed by atoms with E-state index in [4.69, 9.17) is 37.6 Å². The van der Waals surface area contributed by atoms with Crippen molar-refractivity contribution >= 4 is 47.6 Å². The normalized spacial score (nSPS) is 12.8. The van der Waals surface area contributed by atoms with Gasteiger partial charge >= 0.3 is 7.60 Å². The lowest BCUT2D eigenvalue weighted by molar-refractivity contribution is 0.220. The minimum Gasteiger partial charge on any atom is -0.479 e. The highest BCUT2D eigenvalue weighted by molar-refractivity contribution is 8.23. The Kier molecular flexibility index (Phi) is 11.2. The molecule has 0 aliphatic carbocycles. The molecular weight excluding hydrogens is 401 g/mol. The average Bonchev–Trinajstić information content (AvgIpc) is 2.53. The van der Waals surface area contributed by atoms with Crippen LogP contribution in [-0.4, -0.2) is 40.6 Å². The number of ether oxygens (including phenoxy) is 1. The highest BCUT2D eigenvalue weighted by Crippen LogP contribution is 2.50. The molecule has 1 unspecified atom stereocenters. The molecule has 1 aromatic rings. The summed E-state index contributed by atoms with van der Waals surface area (Å²) in [5, 5.41) is 0.413. The standard InChI is InChI=1S/C16H25ClNO4PS2/c1-4-20-16(24)25-14(12-23(19,21-5-2)22-6-3)8-7-13-9-10-18-15(17)11-13/h9-11,14H,4-8,12H2,1-3H3. The van der Waals surface area contributed by atoms with Gasteiger partial charge in [0.2, 0.25) is 4.38 Å². The zero-order chi connectivity index (χ0) is 18.7. The third-order valence-electron chi connectivity index (χ3n) is 3.15. The minimum atomic E-state index is -3.16. The van der Waals surface area contributed by atoms with Crippen molar-refractivity contribution in [1.29, 1.82) is 0 Å². The van der Waals surface area contributed by atoms with Gasteiger partial charge in [0, 0.05) is 11.4 Å². The first kappa shape index (κ1) is 22.9. The summed E-state index contributed by atoms with van der Waals surface area (Å²) >= 11 is 12.6. The number of hydrogen-bond donors (Lipinski definition) is 0.